The van der Waals surface area contributed by atoms with E-state index in [1.54, 1.807) is 22.9 Å². The zero-order valence-electron chi connectivity index (χ0n) is 14.0. The SMILES string of the molecule is Cl.O=P(O)(O)COc1ccc(CN2CCOCC2)c2c1-c1ncsc1C2. The molecule has 10 heteroatoms. The molecule has 1 fully saturated rings. The van der Waals surface area contributed by atoms with Crippen LogP contribution >= 0.6 is 31.3 Å². The Bertz CT molecular complexity index is 834. The van der Waals surface area contributed by atoms with Crippen LogP contribution in [0.5, 0.6) is 5.75 Å². The maximum absolute atomic E-state index is 11.2. The molecule has 0 unspecified atom stereocenters. The van der Waals surface area contributed by atoms with Crippen molar-refractivity contribution < 1.29 is 23.8 Å². The lowest BCUT2D eigenvalue weighted by molar-refractivity contribution is 0.0341. The number of aromatic nitrogens is 1. The van der Waals surface area contributed by atoms with Crippen LogP contribution in [0.3, 0.4) is 0 Å². The quantitative estimate of drug-likeness (QED) is 0.615. The van der Waals surface area contributed by atoms with E-state index in [2.05, 4.69) is 9.88 Å². The monoisotopic (exact) mass is 418 g/mol. The van der Waals surface area contributed by atoms with Gasteiger partial charge in [-0.05, 0) is 17.2 Å². The number of morpholine rings is 1. The number of hydrogen-bond donors (Lipinski definition) is 2. The summed E-state index contributed by atoms with van der Waals surface area (Å²) in [5.41, 5.74) is 5.93. The summed E-state index contributed by atoms with van der Waals surface area (Å²) in [4.78, 5) is 26.2. The van der Waals surface area contributed by atoms with Gasteiger partial charge in [0.05, 0.1) is 24.4 Å². The average molecular weight is 419 g/mol. The molecule has 0 amide bonds. The van der Waals surface area contributed by atoms with Crippen LogP contribution < -0.4 is 4.74 Å². The lowest BCUT2D eigenvalue weighted by atomic mass is 10.0. The van der Waals surface area contributed by atoms with Crippen molar-refractivity contribution >= 4 is 31.3 Å². The number of benzene rings is 1. The van der Waals surface area contributed by atoms with Crippen LogP contribution in [0.4, 0.5) is 0 Å². The molecule has 1 saturated heterocycles. The van der Waals surface area contributed by atoms with Crippen molar-refractivity contribution in [2.45, 2.75) is 13.0 Å². The summed E-state index contributed by atoms with van der Waals surface area (Å²) in [7, 11) is -4.23. The average Bonchev–Trinajstić information content (AvgIpc) is 3.16. The Balaban J connectivity index is 0.00000196. The van der Waals surface area contributed by atoms with E-state index in [0.717, 1.165) is 56.1 Å². The van der Waals surface area contributed by atoms with Gasteiger partial charge in [0.15, 0.2) is 6.35 Å². The first-order valence-electron chi connectivity index (χ1n) is 8.06. The summed E-state index contributed by atoms with van der Waals surface area (Å²) >= 11 is 1.60. The topological polar surface area (TPSA) is 92.1 Å². The number of rotatable bonds is 5. The molecule has 1 aromatic heterocycles. The van der Waals surface area contributed by atoms with E-state index in [4.69, 9.17) is 19.3 Å². The first kappa shape index (κ1) is 19.8. The normalized spacial score (nSPS) is 16.7. The molecule has 26 heavy (non-hydrogen) atoms. The minimum Gasteiger partial charge on any atom is -0.480 e. The first-order chi connectivity index (χ1) is 12.0. The lowest BCUT2D eigenvalue weighted by Gasteiger charge is -2.27. The van der Waals surface area contributed by atoms with E-state index < -0.39 is 13.9 Å². The van der Waals surface area contributed by atoms with Crippen molar-refractivity contribution in [3.63, 3.8) is 0 Å². The molecule has 142 valence electrons. The van der Waals surface area contributed by atoms with Gasteiger partial charge in [-0.25, -0.2) is 4.98 Å². The third kappa shape index (κ3) is 4.12. The Morgan fingerprint density at radius 3 is 2.81 bits per heavy atom. The predicted octanol–water partition coefficient (Wildman–Crippen LogP) is 2.48. The van der Waals surface area contributed by atoms with E-state index in [9.17, 15) is 4.57 Å². The molecular weight excluding hydrogens is 399 g/mol. The molecule has 0 radical (unpaired) electrons. The zero-order valence-corrected chi connectivity index (χ0v) is 16.5. The number of halogens is 1. The summed E-state index contributed by atoms with van der Waals surface area (Å²) in [6.07, 6.45) is 0.170. The minimum absolute atomic E-state index is 0. The second-order valence-corrected chi connectivity index (χ2v) is 8.73. The van der Waals surface area contributed by atoms with Gasteiger partial charge >= 0.3 is 7.60 Å². The third-order valence-electron chi connectivity index (χ3n) is 4.47. The zero-order chi connectivity index (χ0) is 17.4. The van der Waals surface area contributed by atoms with Crippen molar-refractivity contribution in [3.8, 4) is 17.0 Å². The van der Waals surface area contributed by atoms with Crippen LogP contribution in [-0.2, 0) is 22.3 Å². The number of hydrogen-bond acceptors (Lipinski definition) is 6. The summed E-state index contributed by atoms with van der Waals surface area (Å²) in [5, 5.41) is 0. The third-order valence-corrected chi connectivity index (χ3v) is 5.77. The van der Waals surface area contributed by atoms with E-state index in [-0.39, 0.29) is 12.4 Å². The highest BCUT2D eigenvalue weighted by molar-refractivity contribution is 7.51. The Morgan fingerprint density at radius 2 is 2.08 bits per heavy atom. The van der Waals surface area contributed by atoms with Gasteiger partial charge in [0.25, 0.3) is 0 Å². The van der Waals surface area contributed by atoms with Gasteiger partial charge in [0.1, 0.15) is 5.75 Å². The van der Waals surface area contributed by atoms with Gasteiger partial charge in [-0.3, -0.25) is 9.46 Å². The van der Waals surface area contributed by atoms with Gasteiger partial charge in [-0.2, -0.15) is 0 Å². The Hall–Kier alpha value is -0.990. The summed E-state index contributed by atoms with van der Waals surface area (Å²) in [6, 6.07) is 3.80. The van der Waals surface area contributed by atoms with Crippen LogP contribution in [0.15, 0.2) is 17.6 Å². The maximum Gasteiger partial charge on any atom is 0.362 e. The second-order valence-electron chi connectivity index (χ2n) is 6.20. The molecule has 0 spiro atoms. The van der Waals surface area contributed by atoms with Gasteiger partial charge < -0.3 is 19.3 Å². The molecule has 1 aliphatic heterocycles. The Morgan fingerprint density at radius 1 is 1.31 bits per heavy atom. The molecular formula is C16H20ClN2O5PS. The summed E-state index contributed by atoms with van der Waals surface area (Å²) in [5.74, 6) is 0.494. The predicted molar refractivity (Wildman–Crippen MR) is 101 cm³/mol. The molecule has 1 aromatic carbocycles. The smallest absolute Gasteiger partial charge is 0.362 e. The van der Waals surface area contributed by atoms with Gasteiger partial charge in [0, 0.05) is 36.5 Å². The highest BCUT2D eigenvalue weighted by atomic mass is 35.5. The largest absolute Gasteiger partial charge is 0.480 e. The fourth-order valence-electron chi connectivity index (χ4n) is 3.31. The molecule has 0 saturated carbocycles. The highest BCUT2D eigenvalue weighted by Gasteiger charge is 2.29. The van der Waals surface area contributed by atoms with E-state index in [0.29, 0.717) is 5.75 Å². The standard InChI is InChI=1S/C16H19N2O5PS.ClH/c19-24(20,21)10-23-13-2-1-11(8-18-3-5-22-6-4-18)12-7-14-16(15(12)13)17-9-25-14;/h1-2,9H,3-8,10H2,(H2,19,20,21);1H. The fraction of sp³-hybridized carbons (Fsp3) is 0.438. The molecule has 2 aliphatic rings. The number of fused-ring (bicyclic) bond motifs is 3. The summed E-state index contributed by atoms with van der Waals surface area (Å²) in [6.45, 7) is 4.15. The lowest BCUT2D eigenvalue weighted by Crippen LogP contribution is -2.35. The second kappa shape index (κ2) is 7.94. The van der Waals surface area contributed by atoms with E-state index in [1.807, 2.05) is 6.07 Å². The van der Waals surface area contributed by atoms with Crippen molar-refractivity contribution in [1.82, 2.24) is 9.88 Å². The first-order valence-corrected chi connectivity index (χ1v) is 10.7. The molecule has 0 bridgehead atoms. The number of thiazole rings is 1. The van der Waals surface area contributed by atoms with Gasteiger partial charge in [-0.15, -0.1) is 23.7 Å². The van der Waals surface area contributed by atoms with Crippen molar-refractivity contribution in [2.75, 3.05) is 32.7 Å². The highest BCUT2D eigenvalue weighted by Crippen LogP contribution is 2.46. The molecule has 2 N–H and O–H groups in total. The van der Waals surface area contributed by atoms with Crippen molar-refractivity contribution in [2.24, 2.45) is 0 Å². The van der Waals surface area contributed by atoms with Crippen molar-refractivity contribution in [1.29, 1.82) is 0 Å². The fourth-order valence-corrected chi connectivity index (χ4v) is 4.40. The van der Waals surface area contributed by atoms with Crippen LogP contribution in [-0.4, -0.2) is 52.3 Å². The number of ether oxygens (including phenoxy) is 2. The molecule has 0 atom stereocenters. The van der Waals surface area contributed by atoms with Gasteiger partial charge in [-0.1, -0.05) is 6.07 Å². The van der Waals surface area contributed by atoms with Crippen LogP contribution in [0.1, 0.15) is 16.0 Å². The number of nitrogens with zero attached hydrogens (tertiary/aromatic N) is 2. The van der Waals surface area contributed by atoms with Crippen LogP contribution in [0.2, 0.25) is 0 Å². The molecule has 4 rings (SSSR count). The molecule has 1 aliphatic carbocycles. The van der Waals surface area contributed by atoms with E-state index >= 15 is 0 Å². The van der Waals surface area contributed by atoms with Crippen LogP contribution in [0, 0.1) is 0 Å². The van der Waals surface area contributed by atoms with Crippen molar-refractivity contribution in [3.05, 3.63) is 33.6 Å². The Labute approximate surface area is 161 Å². The molecule has 2 aromatic rings. The maximum atomic E-state index is 11.2. The van der Waals surface area contributed by atoms with Crippen LogP contribution in [0.25, 0.3) is 11.3 Å². The summed E-state index contributed by atoms with van der Waals surface area (Å²) < 4.78 is 22.0. The molecule has 2 heterocycles. The Kier molecular flexibility index (Phi) is 6.04. The van der Waals surface area contributed by atoms with E-state index in [1.165, 1.54) is 10.4 Å². The minimum atomic E-state index is -4.23. The molecule has 7 nitrogen and oxygen atoms in total. The van der Waals surface area contributed by atoms with Gasteiger partial charge in [0.2, 0.25) is 0 Å².